The molecular formula is C17H19FN4O4S. The zero-order chi connectivity index (χ0) is 19.2. The van der Waals surface area contributed by atoms with E-state index in [4.69, 9.17) is 9.15 Å². The highest BCUT2D eigenvalue weighted by Gasteiger charge is 2.21. The van der Waals surface area contributed by atoms with Crippen molar-refractivity contribution in [3.63, 3.8) is 0 Å². The minimum absolute atomic E-state index is 0.0179. The minimum atomic E-state index is -0.354. The molecule has 27 heavy (non-hydrogen) atoms. The monoisotopic (exact) mass is 394 g/mol. The average Bonchev–Trinajstić information content (AvgIpc) is 3.16. The van der Waals surface area contributed by atoms with Gasteiger partial charge in [0.05, 0.1) is 25.5 Å². The van der Waals surface area contributed by atoms with Gasteiger partial charge in [-0.15, -0.1) is 10.2 Å². The fourth-order valence-electron chi connectivity index (χ4n) is 2.41. The first-order valence-electron chi connectivity index (χ1n) is 8.34. The Labute approximate surface area is 159 Å². The smallest absolute Gasteiger partial charge is 0.277 e. The van der Waals surface area contributed by atoms with Gasteiger partial charge in [0.2, 0.25) is 17.7 Å². The van der Waals surface area contributed by atoms with Gasteiger partial charge in [-0.2, -0.15) is 0 Å². The number of carbonyl (C=O) groups excluding carboxylic acids is 2. The minimum Gasteiger partial charge on any atom is -0.411 e. The molecule has 0 unspecified atom stereocenters. The lowest BCUT2D eigenvalue weighted by atomic mass is 10.2. The average molecular weight is 394 g/mol. The second kappa shape index (κ2) is 8.96. The Kier molecular flexibility index (Phi) is 6.40. The third-order valence-electron chi connectivity index (χ3n) is 3.98. The Morgan fingerprint density at radius 3 is 2.63 bits per heavy atom. The van der Waals surface area contributed by atoms with Crippen LogP contribution in [-0.4, -0.2) is 77.5 Å². The number of nitrogens with zero attached hydrogens (tertiary/aromatic N) is 4. The summed E-state index contributed by atoms with van der Waals surface area (Å²) in [7, 11) is 1.58. The Morgan fingerprint density at radius 2 is 1.93 bits per heavy atom. The molecule has 0 spiro atoms. The Bertz CT molecular complexity index is 792. The summed E-state index contributed by atoms with van der Waals surface area (Å²) in [6.45, 7) is 2.15. The first-order chi connectivity index (χ1) is 13.0. The quantitative estimate of drug-likeness (QED) is 0.682. The van der Waals surface area contributed by atoms with Gasteiger partial charge in [0.15, 0.2) is 0 Å². The summed E-state index contributed by atoms with van der Waals surface area (Å²) in [5.74, 6) is -0.356. The molecule has 0 bridgehead atoms. The highest BCUT2D eigenvalue weighted by atomic mass is 32.2. The highest BCUT2D eigenvalue weighted by Crippen LogP contribution is 2.23. The number of halogens is 1. The van der Waals surface area contributed by atoms with E-state index in [0.29, 0.717) is 31.9 Å². The first-order valence-corrected chi connectivity index (χ1v) is 9.33. The molecule has 2 amide bonds. The summed E-state index contributed by atoms with van der Waals surface area (Å²) in [4.78, 5) is 27.5. The Morgan fingerprint density at radius 1 is 1.22 bits per heavy atom. The van der Waals surface area contributed by atoms with Crippen LogP contribution in [0.4, 0.5) is 4.39 Å². The number of amides is 2. The summed E-state index contributed by atoms with van der Waals surface area (Å²) in [5.41, 5.74) is 0.593. The van der Waals surface area contributed by atoms with Gasteiger partial charge in [-0.1, -0.05) is 11.8 Å². The van der Waals surface area contributed by atoms with Crippen LogP contribution in [0.5, 0.6) is 0 Å². The van der Waals surface area contributed by atoms with E-state index in [1.807, 2.05) is 0 Å². The molecule has 0 saturated carbocycles. The van der Waals surface area contributed by atoms with E-state index in [9.17, 15) is 14.0 Å². The van der Waals surface area contributed by atoms with Crippen LogP contribution >= 0.6 is 11.8 Å². The maximum Gasteiger partial charge on any atom is 0.277 e. The molecule has 10 heteroatoms. The number of likely N-dealkylation sites (N-methyl/N-ethyl adjacent to an activating group) is 1. The fraction of sp³-hybridized carbons (Fsp3) is 0.412. The molecule has 0 N–H and O–H groups in total. The second-order valence-electron chi connectivity index (χ2n) is 5.91. The molecule has 3 rings (SSSR count). The molecule has 2 aromatic rings. The van der Waals surface area contributed by atoms with Crippen molar-refractivity contribution in [2.75, 3.05) is 45.6 Å². The van der Waals surface area contributed by atoms with E-state index in [1.165, 1.54) is 29.2 Å². The predicted molar refractivity (Wildman–Crippen MR) is 95.5 cm³/mol. The number of thioether (sulfide) groups is 1. The maximum absolute atomic E-state index is 13.0. The molecule has 8 nitrogen and oxygen atoms in total. The van der Waals surface area contributed by atoms with Crippen LogP contribution in [0.1, 0.15) is 0 Å². The SMILES string of the molecule is CN(CC(=O)N1CCOCC1)C(=O)CSc1nnc(-c2ccc(F)cc2)o1. The van der Waals surface area contributed by atoms with Crippen molar-refractivity contribution in [2.24, 2.45) is 0 Å². The van der Waals surface area contributed by atoms with Crippen LogP contribution in [0.25, 0.3) is 11.5 Å². The normalized spacial score (nSPS) is 14.2. The summed E-state index contributed by atoms with van der Waals surface area (Å²) in [6.07, 6.45) is 0. The molecular weight excluding hydrogens is 375 g/mol. The van der Waals surface area contributed by atoms with Crippen molar-refractivity contribution in [1.82, 2.24) is 20.0 Å². The van der Waals surface area contributed by atoms with Gasteiger partial charge in [0.25, 0.3) is 5.22 Å². The van der Waals surface area contributed by atoms with Crippen LogP contribution in [0.3, 0.4) is 0 Å². The number of hydrogen-bond donors (Lipinski definition) is 0. The van der Waals surface area contributed by atoms with E-state index < -0.39 is 0 Å². The van der Waals surface area contributed by atoms with Gasteiger partial charge in [-0.3, -0.25) is 9.59 Å². The zero-order valence-electron chi connectivity index (χ0n) is 14.8. The third kappa shape index (κ3) is 5.27. The molecule has 144 valence electrons. The van der Waals surface area contributed by atoms with Gasteiger partial charge >= 0.3 is 0 Å². The van der Waals surface area contributed by atoms with Crippen LogP contribution < -0.4 is 0 Å². The molecule has 0 radical (unpaired) electrons. The van der Waals surface area contributed by atoms with Crippen molar-refractivity contribution in [2.45, 2.75) is 5.22 Å². The molecule has 1 aliphatic rings. The van der Waals surface area contributed by atoms with E-state index in [1.54, 1.807) is 11.9 Å². The van der Waals surface area contributed by atoms with Crippen molar-refractivity contribution in [1.29, 1.82) is 0 Å². The Hall–Kier alpha value is -2.46. The van der Waals surface area contributed by atoms with Crippen LogP contribution in [0.15, 0.2) is 33.9 Å². The van der Waals surface area contributed by atoms with Crippen molar-refractivity contribution in [3.05, 3.63) is 30.1 Å². The predicted octanol–water partition coefficient (Wildman–Crippen LogP) is 1.28. The first kappa shape index (κ1) is 19.3. The molecule has 1 aromatic carbocycles. The standard InChI is InChI=1S/C17H19FN4O4S/c1-21(10-14(23)22-6-8-25-9-7-22)15(24)11-27-17-20-19-16(26-17)12-2-4-13(18)5-3-12/h2-5H,6-11H2,1H3. The number of hydrogen-bond acceptors (Lipinski definition) is 7. The molecule has 1 fully saturated rings. The lowest BCUT2D eigenvalue weighted by molar-refractivity contribution is -0.140. The third-order valence-corrected chi connectivity index (χ3v) is 4.78. The number of rotatable bonds is 6. The van der Waals surface area contributed by atoms with Gasteiger partial charge in [-0.25, -0.2) is 4.39 Å². The number of morpholine rings is 1. The summed E-state index contributed by atoms with van der Waals surface area (Å²) in [5, 5.41) is 8.00. The fourth-order valence-corrected chi connectivity index (χ4v) is 3.12. The number of benzene rings is 1. The molecule has 2 heterocycles. The molecule has 0 atom stereocenters. The maximum atomic E-state index is 13.0. The lowest BCUT2D eigenvalue weighted by Crippen LogP contribution is -2.46. The van der Waals surface area contributed by atoms with Gasteiger partial charge < -0.3 is 19.0 Å². The van der Waals surface area contributed by atoms with Crippen molar-refractivity contribution < 1.29 is 23.1 Å². The highest BCUT2D eigenvalue weighted by molar-refractivity contribution is 7.99. The van der Waals surface area contributed by atoms with E-state index in [0.717, 1.165) is 11.8 Å². The van der Waals surface area contributed by atoms with E-state index in [-0.39, 0.29) is 41.0 Å². The summed E-state index contributed by atoms with van der Waals surface area (Å²) in [6, 6.07) is 5.67. The van der Waals surface area contributed by atoms with Gasteiger partial charge in [0.1, 0.15) is 5.82 Å². The van der Waals surface area contributed by atoms with Gasteiger partial charge in [0, 0.05) is 25.7 Å². The Balaban J connectivity index is 1.48. The number of ether oxygens (including phenoxy) is 1. The van der Waals surface area contributed by atoms with Crippen LogP contribution in [-0.2, 0) is 14.3 Å². The van der Waals surface area contributed by atoms with Crippen LogP contribution in [0.2, 0.25) is 0 Å². The number of aromatic nitrogens is 2. The van der Waals surface area contributed by atoms with Gasteiger partial charge in [-0.05, 0) is 24.3 Å². The summed E-state index contributed by atoms with van der Waals surface area (Å²) >= 11 is 1.09. The van der Waals surface area contributed by atoms with E-state index in [2.05, 4.69) is 10.2 Å². The van der Waals surface area contributed by atoms with Crippen molar-refractivity contribution >= 4 is 23.6 Å². The summed E-state index contributed by atoms with van der Waals surface area (Å²) < 4.78 is 23.6. The largest absolute Gasteiger partial charge is 0.411 e. The zero-order valence-corrected chi connectivity index (χ0v) is 15.6. The van der Waals surface area contributed by atoms with Crippen molar-refractivity contribution in [3.8, 4) is 11.5 Å². The topological polar surface area (TPSA) is 88.8 Å². The van der Waals surface area contributed by atoms with E-state index >= 15 is 0 Å². The molecule has 1 aliphatic heterocycles. The molecule has 0 aliphatic carbocycles. The number of carbonyl (C=O) groups is 2. The molecule has 1 saturated heterocycles. The van der Waals surface area contributed by atoms with Crippen LogP contribution in [0, 0.1) is 5.82 Å². The molecule has 1 aromatic heterocycles. The lowest BCUT2D eigenvalue weighted by Gasteiger charge is -2.28. The second-order valence-corrected chi connectivity index (χ2v) is 6.84.